The Balaban J connectivity index is 2.32. The van der Waals surface area contributed by atoms with Crippen LogP contribution in [0.15, 0.2) is 36.7 Å². The quantitative estimate of drug-likeness (QED) is 0.637. The Hall–Kier alpha value is -3.16. The van der Waals surface area contributed by atoms with Gasteiger partial charge < -0.3 is 14.9 Å². The van der Waals surface area contributed by atoms with Gasteiger partial charge in [0.25, 0.3) is 0 Å². The van der Waals surface area contributed by atoms with Crippen molar-refractivity contribution < 1.29 is 24.7 Å². The van der Waals surface area contributed by atoms with Crippen LogP contribution in [0.1, 0.15) is 15.9 Å². The second-order valence-corrected chi connectivity index (χ2v) is 4.05. The van der Waals surface area contributed by atoms with Crippen molar-refractivity contribution in [3.63, 3.8) is 0 Å². The number of hydrogen-bond donors (Lipinski definition) is 2. The van der Waals surface area contributed by atoms with Gasteiger partial charge in [-0.05, 0) is 6.07 Å². The topological polar surface area (TPSA) is 123 Å². The molecule has 0 saturated carbocycles. The average molecular weight is 290 g/mol. The highest BCUT2D eigenvalue weighted by atomic mass is 16.6. The average Bonchev–Trinajstić information content (AvgIpc) is 2.45. The molecule has 108 valence electrons. The van der Waals surface area contributed by atoms with Crippen molar-refractivity contribution in [1.29, 1.82) is 0 Å². The van der Waals surface area contributed by atoms with Gasteiger partial charge in [-0.1, -0.05) is 6.07 Å². The number of phenols is 1. The Labute approximate surface area is 118 Å². The minimum absolute atomic E-state index is 0.000534. The van der Waals surface area contributed by atoms with Crippen LogP contribution in [-0.2, 0) is 6.61 Å². The summed E-state index contributed by atoms with van der Waals surface area (Å²) < 4.78 is 5.27. The Morgan fingerprint density at radius 1 is 1.43 bits per heavy atom. The van der Waals surface area contributed by atoms with E-state index in [0.717, 1.165) is 12.1 Å². The number of carboxylic acid groups (broad SMARTS) is 1. The summed E-state index contributed by atoms with van der Waals surface area (Å²) >= 11 is 0. The van der Waals surface area contributed by atoms with Crippen molar-refractivity contribution in [2.45, 2.75) is 6.61 Å². The summed E-state index contributed by atoms with van der Waals surface area (Å²) in [7, 11) is 0. The largest absolute Gasteiger partial charge is 0.507 e. The molecule has 0 unspecified atom stereocenters. The summed E-state index contributed by atoms with van der Waals surface area (Å²) in [6, 6.07) is 5.07. The first kappa shape index (κ1) is 14.3. The van der Waals surface area contributed by atoms with E-state index in [2.05, 4.69) is 4.98 Å². The normalized spacial score (nSPS) is 10.1. The molecule has 8 heteroatoms. The van der Waals surface area contributed by atoms with Gasteiger partial charge in [-0.25, -0.2) is 4.79 Å². The molecule has 0 fully saturated rings. The lowest BCUT2D eigenvalue weighted by atomic mass is 10.1. The number of aromatic carboxylic acids is 1. The fourth-order valence-corrected chi connectivity index (χ4v) is 1.63. The molecule has 1 heterocycles. The zero-order valence-electron chi connectivity index (χ0n) is 10.6. The first-order valence-electron chi connectivity index (χ1n) is 5.75. The van der Waals surface area contributed by atoms with Crippen molar-refractivity contribution in [2.24, 2.45) is 0 Å². The third kappa shape index (κ3) is 3.24. The Morgan fingerprint density at radius 3 is 2.76 bits per heavy atom. The molecular weight excluding hydrogens is 280 g/mol. The summed E-state index contributed by atoms with van der Waals surface area (Å²) in [5.74, 6) is -2.28. The van der Waals surface area contributed by atoms with Crippen LogP contribution in [0.3, 0.4) is 0 Å². The summed E-state index contributed by atoms with van der Waals surface area (Å²) in [5, 5.41) is 29.4. The number of nitrogens with zero attached hydrogens (tertiary/aromatic N) is 2. The van der Waals surface area contributed by atoms with Crippen LogP contribution < -0.4 is 4.74 Å². The number of hydrogen-bond acceptors (Lipinski definition) is 6. The van der Waals surface area contributed by atoms with E-state index in [4.69, 9.17) is 9.84 Å². The zero-order chi connectivity index (χ0) is 15.4. The standard InChI is InChI=1S/C13H10N2O6/c16-11-5-12(21-7-8-2-1-3-14-6-8)10(15(19)20)4-9(11)13(17)18/h1-6,16H,7H2,(H,17,18). The molecule has 0 aliphatic rings. The van der Waals surface area contributed by atoms with E-state index in [1.165, 1.54) is 6.20 Å². The van der Waals surface area contributed by atoms with E-state index in [9.17, 15) is 20.0 Å². The van der Waals surface area contributed by atoms with Gasteiger partial charge in [0.15, 0.2) is 0 Å². The van der Waals surface area contributed by atoms with Gasteiger partial charge in [0.05, 0.1) is 4.92 Å². The molecule has 2 N–H and O–H groups in total. The van der Waals surface area contributed by atoms with Crippen LogP contribution in [0.25, 0.3) is 0 Å². The van der Waals surface area contributed by atoms with E-state index in [1.807, 2.05) is 0 Å². The molecule has 8 nitrogen and oxygen atoms in total. The SMILES string of the molecule is O=C(O)c1cc([N+](=O)[O-])c(OCc2cccnc2)cc1O. The lowest BCUT2D eigenvalue weighted by Crippen LogP contribution is -2.03. The fraction of sp³-hybridized carbons (Fsp3) is 0.0769. The van der Waals surface area contributed by atoms with Crippen LogP contribution in [0.5, 0.6) is 11.5 Å². The minimum Gasteiger partial charge on any atom is -0.507 e. The van der Waals surface area contributed by atoms with Gasteiger partial charge in [-0.3, -0.25) is 15.1 Å². The molecule has 21 heavy (non-hydrogen) atoms. The van der Waals surface area contributed by atoms with Gasteiger partial charge in [0.2, 0.25) is 5.75 Å². The maximum absolute atomic E-state index is 11.0. The molecule has 2 rings (SSSR count). The number of benzene rings is 1. The summed E-state index contributed by atoms with van der Waals surface area (Å²) in [5.41, 5.74) is -0.418. The van der Waals surface area contributed by atoms with E-state index < -0.39 is 27.9 Å². The lowest BCUT2D eigenvalue weighted by molar-refractivity contribution is -0.386. The van der Waals surface area contributed by atoms with Crippen molar-refractivity contribution in [2.75, 3.05) is 0 Å². The molecule has 0 saturated heterocycles. The molecule has 0 aliphatic carbocycles. The van der Waals surface area contributed by atoms with Gasteiger partial charge >= 0.3 is 11.7 Å². The highest BCUT2D eigenvalue weighted by Crippen LogP contribution is 2.34. The molecule has 1 aromatic heterocycles. The van der Waals surface area contributed by atoms with Crippen molar-refractivity contribution in [3.05, 3.63) is 57.9 Å². The number of aromatic nitrogens is 1. The lowest BCUT2D eigenvalue weighted by Gasteiger charge is -2.08. The maximum atomic E-state index is 11.0. The minimum atomic E-state index is -1.46. The van der Waals surface area contributed by atoms with Crippen molar-refractivity contribution in [3.8, 4) is 11.5 Å². The fourth-order valence-electron chi connectivity index (χ4n) is 1.63. The zero-order valence-corrected chi connectivity index (χ0v) is 10.6. The van der Waals surface area contributed by atoms with Crippen molar-refractivity contribution in [1.82, 2.24) is 4.98 Å². The second-order valence-electron chi connectivity index (χ2n) is 4.05. The molecule has 0 radical (unpaired) electrons. The van der Waals surface area contributed by atoms with Gasteiger partial charge in [-0.2, -0.15) is 0 Å². The van der Waals surface area contributed by atoms with Crippen molar-refractivity contribution >= 4 is 11.7 Å². The Morgan fingerprint density at radius 2 is 2.19 bits per heavy atom. The number of nitro benzene ring substituents is 1. The number of pyridine rings is 1. The number of carboxylic acids is 1. The van der Waals surface area contributed by atoms with Crippen LogP contribution in [-0.4, -0.2) is 26.1 Å². The van der Waals surface area contributed by atoms with E-state index in [-0.39, 0.29) is 12.4 Å². The van der Waals surface area contributed by atoms with Gasteiger partial charge in [0, 0.05) is 30.1 Å². The predicted molar refractivity (Wildman–Crippen MR) is 70.3 cm³/mol. The predicted octanol–water partition coefficient (Wildman–Crippen LogP) is 1.97. The molecule has 0 aliphatic heterocycles. The highest BCUT2D eigenvalue weighted by molar-refractivity contribution is 5.92. The van der Waals surface area contributed by atoms with Crippen LogP contribution in [0.4, 0.5) is 5.69 Å². The monoisotopic (exact) mass is 290 g/mol. The first-order chi connectivity index (χ1) is 9.99. The smallest absolute Gasteiger partial charge is 0.339 e. The third-order valence-electron chi connectivity index (χ3n) is 2.62. The number of carbonyl (C=O) groups is 1. The van der Waals surface area contributed by atoms with E-state index in [1.54, 1.807) is 18.3 Å². The van der Waals surface area contributed by atoms with E-state index in [0.29, 0.717) is 5.56 Å². The van der Waals surface area contributed by atoms with Gasteiger partial charge in [0.1, 0.15) is 17.9 Å². The summed E-state index contributed by atoms with van der Waals surface area (Å²) in [6.07, 6.45) is 3.09. The Kier molecular flexibility index (Phi) is 3.98. The second kappa shape index (κ2) is 5.87. The van der Waals surface area contributed by atoms with Crippen LogP contribution in [0, 0.1) is 10.1 Å². The number of rotatable bonds is 5. The number of nitro groups is 1. The summed E-state index contributed by atoms with van der Waals surface area (Å²) in [4.78, 5) is 24.9. The molecule has 0 amide bonds. The number of ether oxygens (including phenoxy) is 1. The summed E-state index contributed by atoms with van der Waals surface area (Å²) in [6.45, 7) is 0.000534. The molecule has 2 aromatic rings. The van der Waals surface area contributed by atoms with Gasteiger partial charge in [-0.15, -0.1) is 0 Å². The highest BCUT2D eigenvalue weighted by Gasteiger charge is 2.22. The van der Waals surface area contributed by atoms with Crippen LogP contribution in [0.2, 0.25) is 0 Å². The van der Waals surface area contributed by atoms with Crippen LogP contribution >= 0.6 is 0 Å². The maximum Gasteiger partial charge on any atom is 0.339 e. The molecule has 0 atom stereocenters. The van der Waals surface area contributed by atoms with E-state index >= 15 is 0 Å². The molecule has 1 aromatic carbocycles. The molecule has 0 spiro atoms. The first-order valence-corrected chi connectivity index (χ1v) is 5.75. The molecular formula is C13H10N2O6. The third-order valence-corrected chi connectivity index (χ3v) is 2.62. The Bertz CT molecular complexity index is 687. The molecule has 0 bridgehead atoms. The number of aromatic hydroxyl groups is 1.